The van der Waals surface area contributed by atoms with Gasteiger partial charge in [0.25, 0.3) is 0 Å². The van der Waals surface area contributed by atoms with E-state index in [4.69, 9.17) is 0 Å². The summed E-state index contributed by atoms with van der Waals surface area (Å²) in [5, 5.41) is 0.560. The van der Waals surface area contributed by atoms with Crippen LogP contribution in [0.1, 0.15) is 18.4 Å². The van der Waals surface area contributed by atoms with Gasteiger partial charge >= 0.3 is 0 Å². The minimum absolute atomic E-state index is 0.0158. The van der Waals surface area contributed by atoms with Gasteiger partial charge in [0.2, 0.25) is 5.91 Å². The lowest BCUT2D eigenvalue weighted by Crippen LogP contribution is -2.51. The van der Waals surface area contributed by atoms with E-state index in [1.165, 1.54) is 35.9 Å². The zero-order valence-corrected chi connectivity index (χ0v) is 20.7. The van der Waals surface area contributed by atoms with Crippen LogP contribution in [0.5, 0.6) is 0 Å². The van der Waals surface area contributed by atoms with Gasteiger partial charge in [0.05, 0.1) is 15.6 Å². The lowest BCUT2D eigenvalue weighted by atomic mass is 9.95. The fourth-order valence-electron chi connectivity index (χ4n) is 5.36. The first-order valence-corrected chi connectivity index (χ1v) is 13.2. The number of piperazine rings is 1. The van der Waals surface area contributed by atoms with E-state index in [0.29, 0.717) is 10.9 Å². The van der Waals surface area contributed by atoms with Crippen LogP contribution in [0.25, 0.3) is 20.3 Å². The minimum atomic E-state index is -0.259. The Morgan fingerprint density at radius 1 is 0.944 bits per heavy atom. The molecule has 2 saturated heterocycles. The number of benzene rings is 2. The van der Waals surface area contributed by atoms with Crippen molar-refractivity contribution in [3.8, 4) is 0 Å². The predicted octanol–water partition coefficient (Wildman–Crippen LogP) is 4.68. The van der Waals surface area contributed by atoms with E-state index in [-0.39, 0.29) is 23.5 Å². The monoisotopic (exact) mass is 507 g/mol. The minimum Gasteiger partial charge on any atom is -0.355 e. The summed E-state index contributed by atoms with van der Waals surface area (Å²) >= 11 is 1.52. The molecule has 4 aromatic rings. The van der Waals surface area contributed by atoms with Crippen LogP contribution >= 0.6 is 11.3 Å². The summed E-state index contributed by atoms with van der Waals surface area (Å²) in [6, 6.07) is 11.7. The first-order valence-electron chi connectivity index (χ1n) is 12.4. The van der Waals surface area contributed by atoms with Crippen LogP contribution in [-0.4, -0.2) is 64.9 Å². The van der Waals surface area contributed by atoms with Gasteiger partial charge < -0.3 is 9.80 Å². The summed E-state index contributed by atoms with van der Waals surface area (Å²) in [6.07, 6.45) is 3.07. The molecule has 0 N–H and O–H groups in total. The third kappa shape index (κ3) is 4.41. The van der Waals surface area contributed by atoms with Crippen molar-refractivity contribution >= 4 is 43.4 Å². The van der Waals surface area contributed by atoms with Crippen molar-refractivity contribution in [1.29, 1.82) is 0 Å². The van der Waals surface area contributed by atoms with Gasteiger partial charge in [0, 0.05) is 56.4 Å². The van der Waals surface area contributed by atoms with Crippen LogP contribution in [0.4, 0.5) is 14.6 Å². The molecule has 2 aliphatic heterocycles. The van der Waals surface area contributed by atoms with Gasteiger partial charge in [-0.3, -0.25) is 9.69 Å². The Balaban J connectivity index is 1.07. The number of halogens is 2. The normalized spacial score (nSPS) is 17.8. The molecule has 6 nitrogen and oxygen atoms in total. The smallest absolute Gasteiger partial charge is 0.225 e. The summed E-state index contributed by atoms with van der Waals surface area (Å²) < 4.78 is 29.4. The van der Waals surface area contributed by atoms with E-state index in [0.717, 1.165) is 79.4 Å². The maximum absolute atomic E-state index is 14.5. The number of carbonyl (C=O) groups excluding carboxylic acids is 1. The molecule has 0 radical (unpaired) electrons. The first kappa shape index (κ1) is 23.2. The number of aromatic nitrogens is 2. The molecule has 4 heterocycles. The number of carbonyl (C=O) groups is 1. The molecule has 0 spiro atoms. The molecule has 186 valence electrons. The molecule has 0 bridgehead atoms. The second-order valence-corrected chi connectivity index (χ2v) is 10.6. The van der Waals surface area contributed by atoms with E-state index in [1.807, 2.05) is 23.1 Å². The summed E-state index contributed by atoms with van der Waals surface area (Å²) in [7, 11) is 0. The van der Waals surface area contributed by atoms with Gasteiger partial charge in [-0.2, -0.15) is 0 Å². The average molecular weight is 508 g/mol. The van der Waals surface area contributed by atoms with Crippen molar-refractivity contribution in [2.75, 3.05) is 44.2 Å². The summed E-state index contributed by atoms with van der Waals surface area (Å²) in [5.41, 5.74) is 1.75. The molecule has 0 saturated carbocycles. The Kier molecular flexibility index (Phi) is 6.27. The number of amides is 1. The highest BCUT2D eigenvalue weighted by atomic mass is 32.1. The lowest BCUT2D eigenvalue weighted by Gasteiger charge is -2.38. The molecule has 2 aromatic carbocycles. The Bertz CT molecular complexity index is 1390. The zero-order valence-electron chi connectivity index (χ0n) is 19.9. The Morgan fingerprint density at radius 2 is 1.69 bits per heavy atom. The van der Waals surface area contributed by atoms with Gasteiger partial charge in [-0.25, -0.2) is 18.7 Å². The molecule has 9 heteroatoms. The number of thiophene rings is 1. The standard InChI is InChI=1S/C27H27F2N5OS/c28-20-6-4-18(5-7-20)16-32-12-14-34(15-13-32)27(35)19-8-10-33(11-9-19)26-25-24(30-17-31-26)23-21(29)2-1-3-22(23)36-25/h1-7,17,19H,8-16H2. The Morgan fingerprint density at radius 3 is 2.44 bits per heavy atom. The first-order chi connectivity index (χ1) is 17.6. The maximum Gasteiger partial charge on any atom is 0.225 e. The van der Waals surface area contributed by atoms with Crippen molar-refractivity contribution < 1.29 is 13.6 Å². The van der Waals surface area contributed by atoms with E-state index in [2.05, 4.69) is 19.8 Å². The van der Waals surface area contributed by atoms with Crippen LogP contribution in [0.3, 0.4) is 0 Å². The third-order valence-electron chi connectivity index (χ3n) is 7.36. The number of hydrogen-bond donors (Lipinski definition) is 0. The SMILES string of the molecule is O=C(C1CCN(c2ncnc3c2sc2cccc(F)c23)CC1)N1CCN(Cc2ccc(F)cc2)CC1. The molecule has 1 amide bonds. The summed E-state index contributed by atoms with van der Waals surface area (Å²) in [5.74, 6) is 0.614. The lowest BCUT2D eigenvalue weighted by molar-refractivity contribution is -0.138. The van der Waals surface area contributed by atoms with Crippen molar-refractivity contribution in [1.82, 2.24) is 19.8 Å². The highest BCUT2D eigenvalue weighted by Crippen LogP contribution is 2.39. The number of hydrogen-bond acceptors (Lipinski definition) is 6. The molecule has 0 aliphatic carbocycles. The quantitative estimate of drug-likeness (QED) is 0.401. The molecule has 2 fully saturated rings. The van der Waals surface area contributed by atoms with Crippen LogP contribution in [0, 0.1) is 17.6 Å². The van der Waals surface area contributed by atoms with Crippen LogP contribution < -0.4 is 4.90 Å². The number of fused-ring (bicyclic) bond motifs is 3. The molecule has 2 aromatic heterocycles. The third-order valence-corrected chi connectivity index (χ3v) is 8.50. The highest BCUT2D eigenvalue weighted by molar-refractivity contribution is 7.26. The van der Waals surface area contributed by atoms with Gasteiger partial charge in [0.15, 0.2) is 0 Å². The summed E-state index contributed by atoms with van der Waals surface area (Å²) in [6.45, 7) is 5.34. The van der Waals surface area contributed by atoms with Crippen molar-refractivity contribution in [2.24, 2.45) is 5.92 Å². The fourth-order valence-corrected chi connectivity index (χ4v) is 6.55. The Hall–Kier alpha value is -3.17. The molecular formula is C27H27F2N5OS. The number of rotatable bonds is 4. The molecule has 0 unspecified atom stereocenters. The van der Waals surface area contributed by atoms with Crippen molar-refractivity contribution in [2.45, 2.75) is 19.4 Å². The predicted molar refractivity (Wildman–Crippen MR) is 138 cm³/mol. The van der Waals surface area contributed by atoms with Crippen LogP contribution in [-0.2, 0) is 11.3 Å². The van der Waals surface area contributed by atoms with E-state index in [9.17, 15) is 13.6 Å². The van der Waals surface area contributed by atoms with Gasteiger partial charge in [-0.1, -0.05) is 18.2 Å². The number of nitrogens with zero attached hydrogens (tertiary/aromatic N) is 5. The van der Waals surface area contributed by atoms with Crippen molar-refractivity contribution in [3.63, 3.8) is 0 Å². The Labute approximate surface area is 212 Å². The fraction of sp³-hybridized carbons (Fsp3) is 0.370. The summed E-state index contributed by atoms with van der Waals surface area (Å²) in [4.78, 5) is 28.7. The van der Waals surface area contributed by atoms with Gasteiger partial charge in [-0.15, -0.1) is 11.3 Å². The van der Waals surface area contributed by atoms with Crippen molar-refractivity contribution in [3.05, 3.63) is 66.0 Å². The molecule has 6 rings (SSSR count). The second-order valence-electron chi connectivity index (χ2n) is 9.58. The number of piperidine rings is 1. The second kappa shape index (κ2) is 9.71. The molecule has 36 heavy (non-hydrogen) atoms. The maximum atomic E-state index is 14.5. The van der Waals surface area contributed by atoms with E-state index < -0.39 is 0 Å². The van der Waals surface area contributed by atoms with Gasteiger partial charge in [0.1, 0.15) is 23.8 Å². The van der Waals surface area contributed by atoms with E-state index >= 15 is 0 Å². The highest BCUT2D eigenvalue weighted by Gasteiger charge is 2.31. The molecule has 0 atom stereocenters. The average Bonchev–Trinajstić information content (AvgIpc) is 3.30. The molecule has 2 aliphatic rings. The largest absolute Gasteiger partial charge is 0.355 e. The van der Waals surface area contributed by atoms with E-state index in [1.54, 1.807) is 6.07 Å². The topological polar surface area (TPSA) is 52.6 Å². The molecular weight excluding hydrogens is 480 g/mol. The van der Waals surface area contributed by atoms with Crippen LogP contribution in [0.15, 0.2) is 48.8 Å². The van der Waals surface area contributed by atoms with Gasteiger partial charge in [-0.05, 0) is 42.7 Å². The number of anilines is 1. The zero-order chi connectivity index (χ0) is 24.6. The van der Waals surface area contributed by atoms with Crippen LogP contribution in [0.2, 0.25) is 0 Å².